The van der Waals surface area contributed by atoms with E-state index in [9.17, 15) is 0 Å². The van der Waals surface area contributed by atoms with Crippen molar-refractivity contribution in [3.8, 4) is 0 Å². The van der Waals surface area contributed by atoms with Gasteiger partial charge in [0.1, 0.15) is 5.82 Å². The zero-order valence-electron chi connectivity index (χ0n) is 9.29. The fraction of sp³-hybridized carbons (Fsp3) is 0.545. The molecule has 0 aromatic carbocycles. The molecule has 0 aliphatic heterocycles. The monoisotopic (exact) mass is 210 g/mol. The standard InChI is InChI=1S/C11H18N2S/c1-9-5-6-12-10(7-9)13-8-11(2,3)14-4/h5-7H,8H2,1-4H3,(H,12,13). The lowest BCUT2D eigenvalue weighted by Gasteiger charge is -2.22. The Kier molecular flexibility index (Phi) is 3.81. The molecule has 1 heterocycles. The van der Waals surface area contributed by atoms with Crippen LogP contribution < -0.4 is 5.32 Å². The molecule has 0 saturated heterocycles. The van der Waals surface area contributed by atoms with Crippen LogP contribution in [0.25, 0.3) is 0 Å². The fourth-order valence-electron chi connectivity index (χ4n) is 1.01. The van der Waals surface area contributed by atoms with Crippen LogP contribution in [-0.2, 0) is 0 Å². The molecule has 1 rings (SSSR count). The molecule has 0 saturated carbocycles. The van der Waals surface area contributed by atoms with Gasteiger partial charge in [-0.3, -0.25) is 0 Å². The molecular formula is C11H18N2S. The van der Waals surface area contributed by atoms with Crippen molar-refractivity contribution in [1.82, 2.24) is 4.98 Å². The van der Waals surface area contributed by atoms with Gasteiger partial charge in [0.25, 0.3) is 0 Å². The number of nitrogens with one attached hydrogen (secondary N) is 1. The van der Waals surface area contributed by atoms with E-state index in [1.807, 2.05) is 24.0 Å². The van der Waals surface area contributed by atoms with Crippen molar-refractivity contribution in [2.75, 3.05) is 18.1 Å². The van der Waals surface area contributed by atoms with Gasteiger partial charge in [0.05, 0.1) is 0 Å². The molecule has 0 unspecified atom stereocenters. The molecule has 0 atom stereocenters. The summed E-state index contributed by atoms with van der Waals surface area (Å²) in [7, 11) is 0. The van der Waals surface area contributed by atoms with E-state index in [-0.39, 0.29) is 4.75 Å². The summed E-state index contributed by atoms with van der Waals surface area (Å²) in [5, 5.41) is 3.34. The maximum atomic E-state index is 4.26. The van der Waals surface area contributed by atoms with E-state index in [0.717, 1.165) is 12.4 Å². The second-order valence-electron chi connectivity index (χ2n) is 4.04. The number of rotatable bonds is 4. The number of hydrogen-bond donors (Lipinski definition) is 1. The predicted molar refractivity (Wildman–Crippen MR) is 65.1 cm³/mol. The Morgan fingerprint density at radius 1 is 1.50 bits per heavy atom. The molecule has 0 radical (unpaired) electrons. The Labute approximate surface area is 90.5 Å². The van der Waals surface area contributed by atoms with Gasteiger partial charge in [-0.05, 0) is 44.7 Å². The summed E-state index contributed by atoms with van der Waals surface area (Å²) in [5.74, 6) is 0.965. The number of anilines is 1. The summed E-state index contributed by atoms with van der Waals surface area (Å²) in [6.07, 6.45) is 3.97. The van der Waals surface area contributed by atoms with Crippen LogP contribution in [-0.4, -0.2) is 22.5 Å². The number of pyridine rings is 1. The minimum absolute atomic E-state index is 0.255. The van der Waals surface area contributed by atoms with Crippen LogP contribution in [0.1, 0.15) is 19.4 Å². The quantitative estimate of drug-likeness (QED) is 0.827. The number of thioether (sulfide) groups is 1. The highest BCUT2D eigenvalue weighted by Gasteiger charge is 2.15. The van der Waals surface area contributed by atoms with Gasteiger partial charge in [-0.1, -0.05) is 0 Å². The summed E-state index contributed by atoms with van der Waals surface area (Å²) >= 11 is 1.86. The van der Waals surface area contributed by atoms with Crippen molar-refractivity contribution >= 4 is 17.6 Å². The third-order valence-corrected chi connectivity index (χ3v) is 3.41. The molecule has 1 aromatic rings. The van der Waals surface area contributed by atoms with Crippen molar-refractivity contribution < 1.29 is 0 Å². The molecule has 78 valence electrons. The first kappa shape index (κ1) is 11.4. The van der Waals surface area contributed by atoms with Crippen LogP contribution in [0.15, 0.2) is 18.3 Å². The van der Waals surface area contributed by atoms with Gasteiger partial charge in [-0.15, -0.1) is 0 Å². The van der Waals surface area contributed by atoms with E-state index in [2.05, 4.69) is 43.4 Å². The van der Waals surface area contributed by atoms with E-state index >= 15 is 0 Å². The summed E-state index contributed by atoms with van der Waals surface area (Å²) in [4.78, 5) is 4.26. The first-order chi connectivity index (χ1) is 6.53. The molecule has 2 nitrogen and oxygen atoms in total. The minimum atomic E-state index is 0.255. The molecule has 14 heavy (non-hydrogen) atoms. The molecule has 3 heteroatoms. The number of hydrogen-bond acceptors (Lipinski definition) is 3. The van der Waals surface area contributed by atoms with Gasteiger partial charge in [0, 0.05) is 17.5 Å². The van der Waals surface area contributed by atoms with Crippen molar-refractivity contribution in [3.63, 3.8) is 0 Å². The minimum Gasteiger partial charge on any atom is -0.369 e. The zero-order valence-corrected chi connectivity index (χ0v) is 10.1. The Hall–Kier alpha value is -0.700. The van der Waals surface area contributed by atoms with Crippen LogP contribution in [0.4, 0.5) is 5.82 Å². The van der Waals surface area contributed by atoms with Crippen molar-refractivity contribution in [3.05, 3.63) is 23.9 Å². The van der Waals surface area contributed by atoms with Crippen LogP contribution in [0.5, 0.6) is 0 Å². The largest absolute Gasteiger partial charge is 0.369 e. The van der Waals surface area contributed by atoms with Crippen molar-refractivity contribution in [1.29, 1.82) is 0 Å². The maximum absolute atomic E-state index is 4.26. The molecular weight excluding hydrogens is 192 g/mol. The van der Waals surface area contributed by atoms with Crippen LogP contribution in [0, 0.1) is 6.92 Å². The fourth-order valence-corrected chi connectivity index (χ4v) is 1.22. The Morgan fingerprint density at radius 2 is 2.21 bits per heavy atom. The van der Waals surface area contributed by atoms with Gasteiger partial charge < -0.3 is 5.32 Å². The van der Waals surface area contributed by atoms with E-state index in [4.69, 9.17) is 0 Å². The first-order valence-electron chi connectivity index (χ1n) is 4.75. The van der Waals surface area contributed by atoms with Gasteiger partial charge in [-0.25, -0.2) is 4.98 Å². The smallest absolute Gasteiger partial charge is 0.126 e. The molecule has 0 aliphatic rings. The van der Waals surface area contributed by atoms with E-state index in [1.165, 1.54) is 5.56 Å². The topological polar surface area (TPSA) is 24.9 Å². The van der Waals surface area contributed by atoms with Crippen LogP contribution >= 0.6 is 11.8 Å². The zero-order chi connectivity index (χ0) is 10.6. The van der Waals surface area contributed by atoms with Gasteiger partial charge in [-0.2, -0.15) is 11.8 Å². The Morgan fingerprint density at radius 3 is 2.79 bits per heavy atom. The van der Waals surface area contributed by atoms with Crippen molar-refractivity contribution in [2.45, 2.75) is 25.5 Å². The van der Waals surface area contributed by atoms with Gasteiger partial charge in [0.2, 0.25) is 0 Å². The lowest BCUT2D eigenvalue weighted by Crippen LogP contribution is -2.26. The lowest BCUT2D eigenvalue weighted by molar-refractivity contribution is 0.750. The maximum Gasteiger partial charge on any atom is 0.126 e. The van der Waals surface area contributed by atoms with E-state index in [0.29, 0.717) is 0 Å². The molecule has 0 aliphatic carbocycles. The average Bonchev–Trinajstić information content (AvgIpc) is 2.15. The normalized spacial score (nSPS) is 11.4. The third-order valence-electron chi connectivity index (χ3n) is 2.16. The summed E-state index contributed by atoms with van der Waals surface area (Å²) in [6, 6.07) is 4.07. The number of aryl methyl sites for hydroxylation is 1. The number of nitrogens with zero attached hydrogens (tertiary/aromatic N) is 1. The third kappa shape index (κ3) is 3.58. The van der Waals surface area contributed by atoms with Gasteiger partial charge in [0.15, 0.2) is 0 Å². The lowest BCUT2D eigenvalue weighted by atomic mass is 10.2. The summed E-state index contributed by atoms with van der Waals surface area (Å²) < 4.78 is 0.255. The van der Waals surface area contributed by atoms with Crippen LogP contribution in [0.2, 0.25) is 0 Å². The highest BCUT2D eigenvalue weighted by Crippen LogP contribution is 2.21. The SMILES string of the molecule is CSC(C)(C)CNc1cc(C)ccn1. The molecule has 0 fully saturated rings. The Balaban J connectivity index is 2.54. The second-order valence-corrected chi connectivity index (χ2v) is 5.55. The van der Waals surface area contributed by atoms with Gasteiger partial charge >= 0.3 is 0 Å². The summed E-state index contributed by atoms with van der Waals surface area (Å²) in [6.45, 7) is 7.46. The second kappa shape index (κ2) is 4.69. The van der Waals surface area contributed by atoms with E-state index < -0.39 is 0 Å². The highest BCUT2D eigenvalue weighted by atomic mass is 32.2. The summed E-state index contributed by atoms with van der Waals surface area (Å²) in [5.41, 5.74) is 1.24. The average molecular weight is 210 g/mol. The number of aromatic nitrogens is 1. The van der Waals surface area contributed by atoms with Crippen LogP contribution in [0.3, 0.4) is 0 Å². The Bertz CT molecular complexity index is 297. The highest BCUT2D eigenvalue weighted by molar-refractivity contribution is 7.99. The molecule has 0 amide bonds. The predicted octanol–water partition coefficient (Wildman–Crippen LogP) is 2.94. The molecule has 0 spiro atoms. The molecule has 1 N–H and O–H groups in total. The molecule has 0 bridgehead atoms. The van der Waals surface area contributed by atoms with Crippen molar-refractivity contribution in [2.24, 2.45) is 0 Å². The molecule has 1 aromatic heterocycles. The van der Waals surface area contributed by atoms with E-state index in [1.54, 1.807) is 0 Å². The first-order valence-corrected chi connectivity index (χ1v) is 5.98.